The molecule has 7 nitrogen and oxygen atoms in total. The molecule has 1 aromatic heterocycles. The summed E-state index contributed by atoms with van der Waals surface area (Å²) < 4.78 is 37.6. The summed E-state index contributed by atoms with van der Waals surface area (Å²) in [4.78, 5) is 20.7. The van der Waals surface area contributed by atoms with E-state index in [4.69, 9.17) is 5.11 Å². The molecule has 0 spiro atoms. The zero-order valence-corrected chi connectivity index (χ0v) is 10.8. The Kier molecular flexibility index (Phi) is 4.16. The second-order valence-corrected chi connectivity index (χ2v) is 4.44. The second kappa shape index (κ2) is 5.72. The molecule has 0 bridgehead atoms. The lowest BCUT2D eigenvalue weighted by Crippen LogP contribution is -2.49. The van der Waals surface area contributed by atoms with Gasteiger partial charge in [0.2, 0.25) is 0 Å². The molecule has 0 aliphatic carbocycles. The van der Waals surface area contributed by atoms with Crippen LogP contribution in [0, 0.1) is 0 Å². The van der Waals surface area contributed by atoms with Crippen molar-refractivity contribution in [3.63, 3.8) is 0 Å². The van der Waals surface area contributed by atoms with Crippen molar-refractivity contribution in [1.29, 1.82) is 0 Å². The zero-order valence-electron chi connectivity index (χ0n) is 10.8. The maximum absolute atomic E-state index is 12.5. The van der Waals surface area contributed by atoms with Gasteiger partial charge in [0.25, 0.3) is 0 Å². The molecule has 1 fully saturated rings. The SMILES string of the molecule is O=C(O)N1CCN(c2ncc(C(F)(F)F)nc2CO)CC1. The van der Waals surface area contributed by atoms with Gasteiger partial charge in [-0.2, -0.15) is 13.2 Å². The smallest absolute Gasteiger partial charge is 0.434 e. The number of carbonyl (C=O) groups is 1. The first-order valence-electron chi connectivity index (χ1n) is 6.09. The normalized spacial score (nSPS) is 16.2. The second-order valence-electron chi connectivity index (χ2n) is 4.44. The molecule has 1 aliphatic rings. The van der Waals surface area contributed by atoms with Gasteiger partial charge in [-0.25, -0.2) is 14.8 Å². The van der Waals surface area contributed by atoms with Crippen LogP contribution in [0.5, 0.6) is 0 Å². The molecule has 2 rings (SSSR count). The van der Waals surface area contributed by atoms with E-state index in [0.717, 1.165) is 0 Å². The highest BCUT2D eigenvalue weighted by molar-refractivity contribution is 5.65. The number of alkyl halides is 3. The largest absolute Gasteiger partial charge is 0.465 e. The molecule has 2 N–H and O–H groups in total. The molecular weight excluding hydrogens is 293 g/mol. The first-order chi connectivity index (χ1) is 9.82. The predicted octanol–water partition coefficient (Wildman–Crippen LogP) is 0.788. The molecule has 10 heteroatoms. The highest BCUT2D eigenvalue weighted by atomic mass is 19.4. The van der Waals surface area contributed by atoms with Crippen molar-refractivity contribution in [3.8, 4) is 0 Å². The van der Waals surface area contributed by atoms with Crippen LogP contribution >= 0.6 is 0 Å². The van der Waals surface area contributed by atoms with E-state index in [9.17, 15) is 23.1 Å². The lowest BCUT2D eigenvalue weighted by atomic mass is 10.3. The Morgan fingerprint density at radius 1 is 1.29 bits per heavy atom. The third-order valence-electron chi connectivity index (χ3n) is 3.11. The molecule has 0 aromatic carbocycles. The predicted molar refractivity (Wildman–Crippen MR) is 64.8 cm³/mol. The third-order valence-corrected chi connectivity index (χ3v) is 3.11. The van der Waals surface area contributed by atoms with E-state index in [1.165, 1.54) is 4.90 Å². The van der Waals surface area contributed by atoms with E-state index in [0.29, 0.717) is 6.20 Å². The van der Waals surface area contributed by atoms with Gasteiger partial charge in [0.1, 0.15) is 5.69 Å². The van der Waals surface area contributed by atoms with Crippen LogP contribution in [-0.2, 0) is 12.8 Å². The highest BCUT2D eigenvalue weighted by Gasteiger charge is 2.34. The molecule has 1 aliphatic heterocycles. The lowest BCUT2D eigenvalue weighted by molar-refractivity contribution is -0.141. The van der Waals surface area contributed by atoms with Crippen molar-refractivity contribution in [3.05, 3.63) is 17.6 Å². The van der Waals surface area contributed by atoms with Gasteiger partial charge >= 0.3 is 12.3 Å². The third kappa shape index (κ3) is 3.32. The van der Waals surface area contributed by atoms with Crippen LogP contribution in [0.1, 0.15) is 11.4 Å². The summed E-state index contributed by atoms with van der Waals surface area (Å²) in [6.45, 7) is 0.301. The average molecular weight is 306 g/mol. The standard InChI is InChI=1S/C11H13F3N4O3/c12-11(13,14)8-5-15-9(7(6-19)16-8)17-1-3-18(4-2-17)10(20)21/h5,19H,1-4,6H2,(H,20,21). The van der Waals surface area contributed by atoms with Crippen LogP contribution in [0.2, 0.25) is 0 Å². The maximum atomic E-state index is 12.5. The van der Waals surface area contributed by atoms with E-state index in [1.807, 2.05) is 0 Å². The van der Waals surface area contributed by atoms with Crippen molar-refractivity contribution in [1.82, 2.24) is 14.9 Å². The van der Waals surface area contributed by atoms with Gasteiger partial charge in [0, 0.05) is 26.2 Å². The summed E-state index contributed by atoms with van der Waals surface area (Å²) >= 11 is 0. The zero-order chi connectivity index (χ0) is 15.6. The summed E-state index contributed by atoms with van der Waals surface area (Å²) in [6, 6.07) is 0. The van der Waals surface area contributed by atoms with Crippen LogP contribution in [-0.4, -0.2) is 57.4 Å². The summed E-state index contributed by atoms with van der Waals surface area (Å²) in [5.41, 5.74) is -1.34. The van der Waals surface area contributed by atoms with Gasteiger partial charge in [-0.1, -0.05) is 0 Å². The molecule has 0 unspecified atom stereocenters. The van der Waals surface area contributed by atoms with Gasteiger partial charge < -0.3 is 20.0 Å². The highest BCUT2D eigenvalue weighted by Crippen LogP contribution is 2.29. The summed E-state index contributed by atoms with van der Waals surface area (Å²) in [6.07, 6.45) is -5.06. The minimum Gasteiger partial charge on any atom is -0.465 e. The fourth-order valence-corrected chi connectivity index (χ4v) is 2.04. The Labute approximate surface area is 117 Å². The van der Waals surface area contributed by atoms with Crippen molar-refractivity contribution < 1.29 is 28.2 Å². The molecule has 21 heavy (non-hydrogen) atoms. The number of piperazine rings is 1. The van der Waals surface area contributed by atoms with E-state index in [-0.39, 0.29) is 37.7 Å². The summed E-state index contributed by atoms with van der Waals surface area (Å²) in [7, 11) is 0. The number of halogens is 3. The van der Waals surface area contributed by atoms with Crippen LogP contribution in [0.15, 0.2) is 6.20 Å². The first kappa shape index (κ1) is 15.3. The van der Waals surface area contributed by atoms with Crippen molar-refractivity contribution >= 4 is 11.9 Å². The number of anilines is 1. The van der Waals surface area contributed by atoms with E-state index >= 15 is 0 Å². The lowest BCUT2D eigenvalue weighted by Gasteiger charge is -2.34. The van der Waals surface area contributed by atoms with Crippen LogP contribution in [0.25, 0.3) is 0 Å². The Hall–Kier alpha value is -2.10. The van der Waals surface area contributed by atoms with Gasteiger partial charge in [-0.05, 0) is 0 Å². The molecule has 0 radical (unpaired) electrons. The molecular formula is C11H13F3N4O3. The Morgan fingerprint density at radius 2 is 1.90 bits per heavy atom. The molecule has 0 saturated carbocycles. The van der Waals surface area contributed by atoms with Crippen molar-refractivity contribution in [2.45, 2.75) is 12.8 Å². The van der Waals surface area contributed by atoms with Crippen LogP contribution < -0.4 is 4.90 Å². The number of carboxylic acid groups (broad SMARTS) is 1. The Balaban J connectivity index is 2.19. The Morgan fingerprint density at radius 3 is 2.38 bits per heavy atom. The molecule has 1 aromatic rings. The monoisotopic (exact) mass is 306 g/mol. The van der Waals surface area contributed by atoms with Gasteiger partial charge in [0.05, 0.1) is 12.8 Å². The van der Waals surface area contributed by atoms with E-state index in [1.54, 1.807) is 4.90 Å². The van der Waals surface area contributed by atoms with Crippen LogP contribution in [0.4, 0.5) is 23.8 Å². The van der Waals surface area contributed by atoms with Crippen molar-refractivity contribution in [2.24, 2.45) is 0 Å². The molecule has 1 saturated heterocycles. The minimum atomic E-state index is -4.63. The number of aliphatic hydroxyl groups excluding tert-OH is 1. The number of aromatic nitrogens is 2. The molecule has 2 heterocycles. The molecule has 116 valence electrons. The average Bonchev–Trinajstić information content (AvgIpc) is 2.45. The number of hydrogen-bond acceptors (Lipinski definition) is 5. The fraction of sp³-hybridized carbons (Fsp3) is 0.545. The van der Waals surface area contributed by atoms with E-state index in [2.05, 4.69) is 9.97 Å². The molecule has 1 amide bonds. The van der Waals surface area contributed by atoms with Crippen LogP contribution in [0.3, 0.4) is 0 Å². The minimum absolute atomic E-state index is 0.149. The van der Waals surface area contributed by atoms with Gasteiger partial charge in [-0.3, -0.25) is 0 Å². The van der Waals surface area contributed by atoms with Gasteiger partial charge in [-0.15, -0.1) is 0 Å². The van der Waals surface area contributed by atoms with Gasteiger partial charge in [0.15, 0.2) is 11.5 Å². The quantitative estimate of drug-likeness (QED) is 0.839. The number of nitrogens with zero attached hydrogens (tertiary/aromatic N) is 4. The number of rotatable bonds is 2. The topological polar surface area (TPSA) is 89.8 Å². The number of hydrogen-bond donors (Lipinski definition) is 2. The Bertz CT molecular complexity index is 530. The van der Waals surface area contributed by atoms with E-state index < -0.39 is 24.6 Å². The number of aliphatic hydroxyl groups is 1. The molecule has 0 atom stereocenters. The summed E-state index contributed by atoms with van der Waals surface area (Å²) in [5, 5.41) is 18.0. The maximum Gasteiger partial charge on any atom is 0.434 e. The fourth-order valence-electron chi connectivity index (χ4n) is 2.04. The first-order valence-corrected chi connectivity index (χ1v) is 6.09. The van der Waals surface area contributed by atoms with Crippen molar-refractivity contribution in [2.75, 3.05) is 31.1 Å². The summed E-state index contributed by atoms with van der Waals surface area (Å²) in [5.74, 6) is 0.149. The number of amides is 1.